The minimum Gasteiger partial charge on any atom is -0.378 e. The minimum absolute atomic E-state index is 0.144. The molecule has 0 radical (unpaired) electrons. The van der Waals surface area contributed by atoms with Crippen LogP contribution in [0.15, 0.2) is 24.5 Å². The number of ketones is 1. The molecule has 1 aliphatic rings. The van der Waals surface area contributed by atoms with E-state index in [-0.39, 0.29) is 18.1 Å². The number of morpholine rings is 1. The molecule has 0 bridgehead atoms. The van der Waals surface area contributed by atoms with Crippen LogP contribution < -0.4 is 4.90 Å². The van der Waals surface area contributed by atoms with Gasteiger partial charge in [0, 0.05) is 46.3 Å². The Morgan fingerprint density at radius 2 is 2.03 bits per heavy atom. The van der Waals surface area contributed by atoms with Crippen molar-refractivity contribution in [1.29, 1.82) is 0 Å². The Hall–Kier alpha value is -3.27. The molecule has 1 amide bonds. The lowest BCUT2D eigenvalue weighted by molar-refractivity contribution is 0.0301. The molecule has 1 aliphatic heterocycles. The number of pyridine rings is 1. The van der Waals surface area contributed by atoms with E-state index in [9.17, 15) is 9.59 Å². The van der Waals surface area contributed by atoms with Crippen LogP contribution in [0, 0.1) is 0 Å². The second kappa shape index (κ2) is 8.23. The minimum atomic E-state index is -0.185. The number of hydrogen-bond donors (Lipinski definition) is 0. The van der Waals surface area contributed by atoms with Crippen LogP contribution in [-0.2, 0) is 18.2 Å². The molecule has 0 spiro atoms. The number of carbonyl (C=O) groups is 2. The number of hydrogen-bond acceptors (Lipinski definition) is 7. The zero-order chi connectivity index (χ0) is 21.3. The SMILES string of the molecule is CCN(C)c1nc2cc(CC(=O)c3c(C(=O)N4CCOCC4)cnn3C)ccn2n1. The molecule has 4 heterocycles. The van der Waals surface area contributed by atoms with Gasteiger partial charge in [0.1, 0.15) is 5.69 Å². The van der Waals surface area contributed by atoms with Gasteiger partial charge < -0.3 is 14.5 Å². The second-order valence-corrected chi connectivity index (χ2v) is 7.30. The molecular weight excluding hydrogens is 386 g/mol. The van der Waals surface area contributed by atoms with Crippen molar-refractivity contribution >= 4 is 23.3 Å². The monoisotopic (exact) mass is 411 g/mol. The molecule has 0 unspecified atom stereocenters. The number of fused-ring (bicyclic) bond motifs is 1. The largest absolute Gasteiger partial charge is 0.378 e. The summed E-state index contributed by atoms with van der Waals surface area (Å²) in [6, 6.07) is 3.69. The summed E-state index contributed by atoms with van der Waals surface area (Å²) in [5.41, 5.74) is 2.13. The van der Waals surface area contributed by atoms with Crippen LogP contribution in [0.25, 0.3) is 5.65 Å². The van der Waals surface area contributed by atoms with E-state index in [0.717, 1.165) is 12.1 Å². The van der Waals surface area contributed by atoms with Crippen LogP contribution in [0.3, 0.4) is 0 Å². The van der Waals surface area contributed by atoms with E-state index in [4.69, 9.17) is 4.74 Å². The normalized spacial score (nSPS) is 14.3. The Kier molecular flexibility index (Phi) is 5.49. The lowest BCUT2D eigenvalue weighted by atomic mass is 10.0. The smallest absolute Gasteiger partial charge is 0.257 e. The number of amides is 1. The molecule has 30 heavy (non-hydrogen) atoms. The van der Waals surface area contributed by atoms with Gasteiger partial charge in [0.15, 0.2) is 11.4 Å². The lowest BCUT2D eigenvalue weighted by Gasteiger charge is -2.26. The quantitative estimate of drug-likeness (QED) is 0.554. The average Bonchev–Trinajstić information content (AvgIpc) is 3.36. The van der Waals surface area contributed by atoms with Crippen molar-refractivity contribution < 1.29 is 14.3 Å². The fourth-order valence-electron chi connectivity index (χ4n) is 3.46. The van der Waals surface area contributed by atoms with Crippen molar-refractivity contribution in [3.63, 3.8) is 0 Å². The van der Waals surface area contributed by atoms with Crippen LogP contribution in [0.2, 0.25) is 0 Å². The summed E-state index contributed by atoms with van der Waals surface area (Å²) < 4.78 is 8.47. The lowest BCUT2D eigenvalue weighted by Crippen LogP contribution is -2.41. The maximum absolute atomic E-state index is 13.1. The highest BCUT2D eigenvalue weighted by molar-refractivity contribution is 6.07. The van der Waals surface area contributed by atoms with Crippen molar-refractivity contribution in [2.24, 2.45) is 7.05 Å². The molecule has 158 valence electrons. The molecule has 1 fully saturated rings. The molecule has 10 nitrogen and oxygen atoms in total. The Labute approximate surface area is 174 Å². The topological polar surface area (TPSA) is 97.9 Å². The summed E-state index contributed by atoms with van der Waals surface area (Å²) in [6.45, 7) is 4.85. The maximum Gasteiger partial charge on any atom is 0.257 e. The van der Waals surface area contributed by atoms with Crippen molar-refractivity contribution in [3.05, 3.63) is 41.3 Å². The van der Waals surface area contributed by atoms with Crippen molar-refractivity contribution in [2.75, 3.05) is 44.8 Å². The Balaban J connectivity index is 1.57. The van der Waals surface area contributed by atoms with E-state index in [2.05, 4.69) is 15.2 Å². The molecule has 0 N–H and O–H groups in total. The second-order valence-electron chi connectivity index (χ2n) is 7.30. The van der Waals surface area contributed by atoms with Crippen LogP contribution in [0.4, 0.5) is 5.95 Å². The van der Waals surface area contributed by atoms with Gasteiger partial charge in [-0.2, -0.15) is 10.1 Å². The fourth-order valence-corrected chi connectivity index (χ4v) is 3.46. The fraction of sp³-hybridized carbons (Fsp3) is 0.450. The Morgan fingerprint density at radius 3 is 2.77 bits per heavy atom. The molecule has 3 aromatic rings. The molecular formula is C20H25N7O3. The summed E-state index contributed by atoms with van der Waals surface area (Å²) in [4.78, 5) is 34.1. The van der Waals surface area contributed by atoms with E-state index >= 15 is 0 Å². The first-order chi connectivity index (χ1) is 14.5. The van der Waals surface area contributed by atoms with Gasteiger partial charge in [0.05, 0.1) is 25.0 Å². The highest BCUT2D eigenvalue weighted by Gasteiger charge is 2.27. The molecule has 1 saturated heterocycles. The summed E-state index contributed by atoms with van der Waals surface area (Å²) in [5, 5.41) is 8.59. The number of Topliss-reactive ketones (excluding diaryl/α,β-unsaturated/α-hetero) is 1. The van der Waals surface area contributed by atoms with Gasteiger partial charge in [-0.3, -0.25) is 14.3 Å². The molecule has 0 atom stereocenters. The summed E-state index contributed by atoms with van der Waals surface area (Å²) >= 11 is 0. The molecule has 10 heteroatoms. The van der Waals surface area contributed by atoms with E-state index in [1.165, 1.54) is 10.9 Å². The van der Waals surface area contributed by atoms with Gasteiger partial charge >= 0.3 is 0 Å². The standard InChI is InChI=1S/C20H25N7O3/c1-4-24(2)20-22-17-12-14(5-6-27(17)23-20)11-16(28)18-15(13-21-25(18)3)19(29)26-7-9-30-10-8-26/h5-6,12-13H,4,7-11H2,1-3H3. The van der Waals surface area contributed by atoms with Gasteiger partial charge in [-0.1, -0.05) is 0 Å². The summed E-state index contributed by atoms with van der Waals surface area (Å²) in [7, 11) is 3.60. The number of aromatic nitrogens is 5. The first-order valence-electron chi connectivity index (χ1n) is 9.96. The van der Waals surface area contributed by atoms with Crippen molar-refractivity contribution in [1.82, 2.24) is 29.3 Å². The van der Waals surface area contributed by atoms with E-state index in [1.54, 1.807) is 22.7 Å². The predicted molar refractivity (Wildman–Crippen MR) is 110 cm³/mol. The van der Waals surface area contributed by atoms with Gasteiger partial charge in [-0.15, -0.1) is 5.10 Å². The van der Waals surface area contributed by atoms with Gasteiger partial charge in [-0.25, -0.2) is 4.52 Å². The zero-order valence-corrected chi connectivity index (χ0v) is 17.4. The highest BCUT2D eigenvalue weighted by Crippen LogP contribution is 2.17. The molecule has 0 saturated carbocycles. The first kappa shape index (κ1) is 20.0. The highest BCUT2D eigenvalue weighted by atomic mass is 16.5. The van der Waals surface area contributed by atoms with Crippen LogP contribution in [0.1, 0.15) is 33.3 Å². The maximum atomic E-state index is 13.1. The van der Waals surface area contributed by atoms with Crippen LogP contribution in [-0.4, -0.2) is 80.9 Å². The third-order valence-corrected chi connectivity index (χ3v) is 5.30. The van der Waals surface area contributed by atoms with E-state index in [0.29, 0.717) is 49.2 Å². The number of anilines is 1. The molecule has 0 aliphatic carbocycles. The Morgan fingerprint density at radius 1 is 1.27 bits per heavy atom. The molecule has 4 rings (SSSR count). The van der Waals surface area contributed by atoms with Gasteiger partial charge in [-0.05, 0) is 24.6 Å². The number of carbonyl (C=O) groups excluding carboxylic acids is 2. The third kappa shape index (κ3) is 3.78. The van der Waals surface area contributed by atoms with E-state index in [1.807, 2.05) is 31.0 Å². The van der Waals surface area contributed by atoms with E-state index < -0.39 is 0 Å². The van der Waals surface area contributed by atoms with Gasteiger partial charge in [0.2, 0.25) is 5.95 Å². The number of rotatable bonds is 6. The summed E-state index contributed by atoms with van der Waals surface area (Å²) in [6.07, 6.45) is 3.41. The Bertz CT molecular complexity index is 1080. The number of nitrogens with zero attached hydrogens (tertiary/aromatic N) is 7. The average molecular weight is 411 g/mol. The summed E-state index contributed by atoms with van der Waals surface area (Å²) in [5.74, 6) is 0.280. The van der Waals surface area contributed by atoms with Gasteiger partial charge in [0.25, 0.3) is 5.91 Å². The molecule has 3 aromatic heterocycles. The first-order valence-corrected chi connectivity index (χ1v) is 9.96. The predicted octanol–water partition coefficient (Wildman–Crippen LogP) is 0.817. The molecule has 0 aromatic carbocycles. The van der Waals surface area contributed by atoms with Crippen molar-refractivity contribution in [3.8, 4) is 0 Å². The van der Waals surface area contributed by atoms with Crippen molar-refractivity contribution in [2.45, 2.75) is 13.3 Å². The number of ether oxygens (including phenoxy) is 1. The third-order valence-electron chi connectivity index (χ3n) is 5.30. The zero-order valence-electron chi connectivity index (χ0n) is 17.4. The van der Waals surface area contributed by atoms with Crippen LogP contribution in [0.5, 0.6) is 0 Å². The number of aryl methyl sites for hydroxylation is 1. The van der Waals surface area contributed by atoms with Crippen LogP contribution >= 0.6 is 0 Å².